The van der Waals surface area contributed by atoms with Crippen LogP contribution in [0.15, 0.2) is 40.9 Å². The fourth-order valence-corrected chi connectivity index (χ4v) is 2.44. The molecule has 1 unspecified atom stereocenters. The normalized spacial score (nSPS) is 12.3. The summed E-state index contributed by atoms with van der Waals surface area (Å²) in [6.45, 7) is 1.87. The number of carboxylic acid groups (broad SMARTS) is 1. The molecule has 0 bridgehead atoms. The summed E-state index contributed by atoms with van der Waals surface area (Å²) in [6.07, 6.45) is 0.102. The van der Waals surface area contributed by atoms with Gasteiger partial charge in [-0.05, 0) is 24.4 Å². The lowest BCUT2D eigenvalue weighted by molar-refractivity contribution is -0.137. The molecular formula is C14H14BrNO2. The number of aliphatic carboxylic acids is 1. The van der Waals surface area contributed by atoms with Gasteiger partial charge in [0, 0.05) is 21.6 Å². The first-order valence-corrected chi connectivity index (χ1v) is 6.53. The Morgan fingerprint density at radius 2 is 1.94 bits per heavy atom. The lowest BCUT2D eigenvalue weighted by atomic mass is 10.1. The van der Waals surface area contributed by atoms with Crippen LogP contribution in [-0.4, -0.2) is 17.1 Å². The lowest BCUT2D eigenvalue weighted by Crippen LogP contribution is -2.19. The van der Waals surface area contributed by atoms with Crippen LogP contribution in [0.4, 0.5) is 5.69 Å². The van der Waals surface area contributed by atoms with Gasteiger partial charge in [-0.15, -0.1) is 0 Å². The smallest absolute Gasteiger partial charge is 0.305 e. The van der Waals surface area contributed by atoms with Gasteiger partial charge in [-0.2, -0.15) is 0 Å². The third kappa shape index (κ3) is 2.82. The van der Waals surface area contributed by atoms with E-state index in [9.17, 15) is 4.79 Å². The van der Waals surface area contributed by atoms with Crippen molar-refractivity contribution in [2.75, 3.05) is 5.32 Å². The molecule has 18 heavy (non-hydrogen) atoms. The summed E-state index contributed by atoms with van der Waals surface area (Å²) >= 11 is 3.52. The van der Waals surface area contributed by atoms with E-state index in [-0.39, 0.29) is 12.5 Å². The minimum absolute atomic E-state index is 0.102. The molecule has 3 nitrogen and oxygen atoms in total. The molecule has 2 N–H and O–H groups in total. The highest BCUT2D eigenvalue weighted by atomic mass is 79.9. The van der Waals surface area contributed by atoms with Crippen LogP contribution in [0.1, 0.15) is 13.3 Å². The number of anilines is 1. The van der Waals surface area contributed by atoms with Crippen LogP contribution >= 0.6 is 15.9 Å². The molecule has 0 aromatic heterocycles. The van der Waals surface area contributed by atoms with Gasteiger partial charge in [0.2, 0.25) is 0 Å². The molecule has 0 radical (unpaired) electrons. The van der Waals surface area contributed by atoms with Gasteiger partial charge < -0.3 is 10.4 Å². The Morgan fingerprint density at radius 3 is 2.61 bits per heavy atom. The number of rotatable bonds is 4. The van der Waals surface area contributed by atoms with E-state index < -0.39 is 5.97 Å². The molecule has 0 aliphatic rings. The summed E-state index contributed by atoms with van der Waals surface area (Å²) in [4.78, 5) is 10.7. The predicted octanol–water partition coefficient (Wildman–Crippen LogP) is 3.88. The molecule has 0 fully saturated rings. The van der Waals surface area contributed by atoms with Crippen LogP contribution in [0, 0.1) is 0 Å². The number of hydrogen-bond donors (Lipinski definition) is 2. The van der Waals surface area contributed by atoms with Gasteiger partial charge in [0.25, 0.3) is 0 Å². The molecule has 0 aliphatic heterocycles. The van der Waals surface area contributed by atoms with Crippen molar-refractivity contribution in [3.05, 3.63) is 40.9 Å². The molecule has 1 atom stereocenters. The molecule has 0 amide bonds. The molecular weight excluding hydrogens is 294 g/mol. The van der Waals surface area contributed by atoms with E-state index in [1.54, 1.807) is 0 Å². The predicted molar refractivity (Wildman–Crippen MR) is 77.0 cm³/mol. The zero-order valence-corrected chi connectivity index (χ0v) is 11.6. The maximum Gasteiger partial charge on any atom is 0.305 e. The Labute approximate surface area is 114 Å². The average Bonchev–Trinajstić information content (AvgIpc) is 2.32. The zero-order valence-electron chi connectivity index (χ0n) is 9.98. The Bertz CT molecular complexity index is 583. The van der Waals surface area contributed by atoms with Gasteiger partial charge in [0.05, 0.1) is 6.42 Å². The van der Waals surface area contributed by atoms with E-state index >= 15 is 0 Å². The monoisotopic (exact) mass is 307 g/mol. The highest BCUT2D eigenvalue weighted by Crippen LogP contribution is 2.30. The van der Waals surface area contributed by atoms with E-state index in [2.05, 4.69) is 21.2 Å². The number of carboxylic acids is 1. The summed E-state index contributed by atoms with van der Waals surface area (Å²) < 4.78 is 1.04. The van der Waals surface area contributed by atoms with Crippen LogP contribution in [0.5, 0.6) is 0 Å². The Morgan fingerprint density at radius 1 is 1.28 bits per heavy atom. The van der Waals surface area contributed by atoms with Gasteiger partial charge in [0.1, 0.15) is 0 Å². The molecule has 2 aromatic carbocycles. The number of hydrogen-bond acceptors (Lipinski definition) is 2. The quantitative estimate of drug-likeness (QED) is 0.901. The van der Waals surface area contributed by atoms with Crippen molar-refractivity contribution < 1.29 is 9.90 Å². The summed E-state index contributed by atoms with van der Waals surface area (Å²) in [5.41, 5.74) is 0.961. The molecule has 2 aromatic rings. The standard InChI is InChI=1S/C14H14BrNO2/c1-9(8-14(17)18)16-13-7-6-12(15)10-4-2-3-5-11(10)13/h2-7,9,16H,8H2,1H3,(H,17,18). The molecule has 0 aliphatic carbocycles. The van der Waals surface area contributed by atoms with Gasteiger partial charge >= 0.3 is 5.97 Å². The van der Waals surface area contributed by atoms with Gasteiger partial charge in [0.15, 0.2) is 0 Å². The largest absolute Gasteiger partial charge is 0.481 e. The van der Waals surface area contributed by atoms with Crippen molar-refractivity contribution in [3.8, 4) is 0 Å². The Hall–Kier alpha value is -1.55. The first-order valence-electron chi connectivity index (χ1n) is 5.73. The van der Waals surface area contributed by atoms with Crippen LogP contribution < -0.4 is 5.32 Å². The molecule has 0 heterocycles. The van der Waals surface area contributed by atoms with Crippen LogP contribution in [0.2, 0.25) is 0 Å². The summed E-state index contributed by atoms with van der Waals surface area (Å²) in [5.74, 6) is -0.795. The number of halogens is 1. The topological polar surface area (TPSA) is 49.3 Å². The lowest BCUT2D eigenvalue weighted by Gasteiger charge is -2.15. The maximum atomic E-state index is 10.7. The fraction of sp³-hybridized carbons (Fsp3) is 0.214. The fourth-order valence-electron chi connectivity index (χ4n) is 1.97. The molecule has 0 saturated carbocycles. The summed E-state index contributed by atoms with van der Waals surface area (Å²) in [6, 6.07) is 11.8. The van der Waals surface area contributed by atoms with E-state index in [4.69, 9.17) is 5.11 Å². The third-order valence-corrected chi connectivity index (χ3v) is 3.45. The van der Waals surface area contributed by atoms with Gasteiger partial charge in [-0.1, -0.05) is 40.2 Å². The Balaban J connectivity index is 2.34. The zero-order chi connectivity index (χ0) is 13.1. The van der Waals surface area contributed by atoms with Crippen molar-refractivity contribution in [3.63, 3.8) is 0 Å². The summed E-state index contributed by atoms with van der Waals surface area (Å²) in [7, 11) is 0. The maximum absolute atomic E-state index is 10.7. The minimum Gasteiger partial charge on any atom is -0.481 e. The van der Waals surface area contributed by atoms with E-state index in [0.717, 1.165) is 20.9 Å². The van der Waals surface area contributed by atoms with E-state index in [0.29, 0.717) is 0 Å². The van der Waals surface area contributed by atoms with Gasteiger partial charge in [-0.25, -0.2) is 0 Å². The molecule has 0 saturated heterocycles. The van der Waals surface area contributed by atoms with Crippen molar-refractivity contribution in [1.29, 1.82) is 0 Å². The van der Waals surface area contributed by atoms with E-state index in [1.165, 1.54) is 0 Å². The Kier molecular flexibility index (Phi) is 3.87. The van der Waals surface area contributed by atoms with E-state index in [1.807, 2.05) is 43.3 Å². The molecule has 94 valence electrons. The summed E-state index contributed by atoms with van der Waals surface area (Å²) in [5, 5.41) is 14.2. The molecule has 0 spiro atoms. The van der Waals surface area contributed by atoms with Crippen LogP contribution in [-0.2, 0) is 4.79 Å². The molecule has 4 heteroatoms. The third-order valence-electron chi connectivity index (χ3n) is 2.75. The van der Waals surface area contributed by atoms with Crippen molar-refractivity contribution >= 4 is 38.4 Å². The highest BCUT2D eigenvalue weighted by Gasteiger charge is 2.09. The second kappa shape index (κ2) is 5.40. The minimum atomic E-state index is -0.795. The SMILES string of the molecule is CC(CC(=O)O)Nc1ccc(Br)c2ccccc12. The van der Waals surface area contributed by atoms with Crippen molar-refractivity contribution in [2.45, 2.75) is 19.4 Å². The molecule has 2 rings (SSSR count). The van der Waals surface area contributed by atoms with Crippen molar-refractivity contribution in [1.82, 2.24) is 0 Å². The number of fused-ring (bicyclic) bond motifs is 1. The highest BCUT2D eigenvalue weighted by molar-refractivity contribution is 9.10. The average molecular weight is 308 g/mol. The first-order chi connectivity index (χ1) is 8.58. The second-order valence-electron chi connectivity index (χ2n) is 4.28. The number of nitrogens with one attached hydrogen (secondary N) is 1. The van der Waals surface area contributed by atoms with Crippen molar-refractivity contribution in [2.24, 2.45) is 0 Å². The van der Waals surface area contributed by atoms with Gasteiger partial charge in [-0.3, -0.25) is 4.79 Å². The van der Waals surface area contributed by atoms with Crippen LogP contribution in [0.3, 0.4) is 0 Å². The van der Waals surface area contributed by atoms with Crippen LogP contribution in [0.25, 0.3) is 10.8 Å². The number of carbonyl (C=O) groups is 1. The second-order valence-corrected chi connectivity index (χ2v) is 5.14. The number of benzene rings is 2. The first kappa shape index (κ1) is 12.9.